The Morgan fingerprint density at radius 2 is 1.94 bits per heavy atom. The first-order valence-electron chi connectivity index (χ1n) is 5.11. The van der Waals surface area contributed by atoms with Crippen LogP contribution in [0, 0.1) is 0 Å². The molecule has 94 valence electrons. The number of amides is 1. The van der Waals surface area contributed by atoms with Crippen molar-refractivity contribution in [2.45, 2.75) is 13.5 Å². The number of nitrogens with zero attached hydrogens (tertiary/aromatic N) is 1. The number of hydrogen-bond donors (Lipinski definition) is 2. The lowest BCUT2D eigenvalue weighted by Gasteiger charge is -2.19. The van der Waals surface area contributed by atoms with Crippen LogP contribution in [0.15, 0.2) is 21.1 Å². The molecule has 1 amide bonds. The van der Waals surface area contributed by atoms with Gasteiger partial charge < -0.3 is 10.8 Å². The lowest BCUT2D eigenvalue weighted by Crippen LogP contribution is -2.33. The molecule has 17 heavy (non-hydrogen) atoms. The molecule has 3 N–H and O–H groups in total. The molecule has 0 unspecified atom stereocenters. The predicted octanol–water partition coefficient (Wildman–Crippen LogP) is 2.22. The average Bonchev–Trinajstić information content (AvgIpc) is 2.24. The molecule has 0 fully saturated rings. The van der Waals surface area contributed by atoms with Crippen molar-refractivity contribution in [1.29, 1.82) is 0 Å². The Bertz CT molecular complexity index is 401. The van der Waals surface area contributed by atoms with Crippen molar-refractivity contribution in [2.75, 3.05) is 13.1 Å². The Hall–Kier alpha value is -0.590. The van der Waals surface area contributed by atoms with Crippen molar-refractivity contribution >= 4 is 37.8 Å². The zero-order valence-electron chi connectivity index (χ0n) is 9.41. The molecule has 0 aliphatic carbocycles. The molecule has 0 spiro atoms. The van der Waals surface area contributed by atoms with Crippen molar-refractivity contribution in [3.8, 4) is 5.75 Å². The number of rotatable bonds is 5. The highest BCUT2D eigenvalue weighted by molar-refractivity contribution is 9.11. The van der Waals surface area contributed by atoms with Gasteiger partial charge in [-0.05, 0) is 56.1 Å². The summed E-state index contributed by atoms with van der Waals surface area (Å²) >= 11 is 6.54. The zero-order valence-corrected chi connectivity index (χ0v) is 12.6. The Morgan fingerprint density at radius 3 is 2.35 bits per heavy atom. The first-order chi connectivity index (χ1) is 7.93. The molecule has 0 aliphatic heterocycles. The van der Waals surface area contributed by atoms with Gasteiger partial charge in [0, 0.05) is 6.54 Å². The van der Waals surface area contributed by atoms with Crippen LogP contribution in [-0.2, 0) is 11.3 Å². The van der Waals surface area contributed by atoms with Crippen LogP contribution in [0.5, 0.6) is 5.75 Å². The molecule has 0 aromatic heterocycles. The molecule has 0 aliphatic rings. The highest BCUT2D eigenvalue weighted by Gasteiger charge is 2.10. The van der Waals surface area contributed by atoms with Crippen molar-refractivity contribution < 1.29 is 9.90 Å². The van der Waals surface area contributed by atoms with E-state index in [0.29, 0.717) is 15.5 Å². The number of primary amides is 1. The van der Waals surface area contributed by atoms with E-state index in [1.165, 1.54) is 0 Å². The first-order valence-corrected chi connectivity index (χ1v) is 6.70. The normalized spacial score (nSPS) is 10.8. The fraction of sp³-hybridized carbons (Fsp3) is 0.364. The molecule has 1 aromatic rings. The number of likely N-dealkylation sites (N-methyl/N-ethyl adjacent to an activating group) is 1. The van der Waals surface area contributed by atoms with Gasteiger partial charge in [-0.15, -0.1) is 0 Å². The van der Waals surface area contributed by atoms with Gasteiger partial charge in [0.05, 0.1) is 15.5 Å². The Morgan fingerprint density at radius 1 is 1.41 bits per heavy atom. The fourth-order valence-electron chi connectivity index (χ4n) is 1.47. The summed E-state index contributed by atoms with van der Waals surface area (Å²) in [5.41, 5.74) is 6.16. The molecular weight excluding hydrogens is 352 g/mol. The maximum absolute atomic E-state index is 10.9. The molecule has 0 heterocycles. The number of carbonyl (C=O) groups excluding carboxylic acids is 1. The molecule has 0 atom stereocenters. The van der Waals surface area contributed by atoms with Gasteiger partial charge in [0.15, 0.2) is 0 Å². The van der Waals surface area contributed by atoms with Gasteiger partial charge in [0.25, 0.3) is 0 Å². The average molecular weight is 366 g/mol. The third kappa shape index (κ3) is 4.29. The van der Waals surface area contributed by atoms with Gasteiger partial charge in [-0.2, -0.15) is 0 Å². The lowest BCUT2D eigenvalue weighted by molar-refractivity contribution is -0.119. The van der Waals surface area contributed by atoms with E-state index in [9.17, 15) is 9.90 Å². The second-order valence-corrected chi connectivity index (χ2v) is 5.39. The second kappa shape index (κ2) is 6.37. The molecule has 1 aromatic carbocycles. The third-order valence-electron chi connectivity index (χ3n) is 2.31. The van der Waals surface area contributed by atoms with Crippen molar-refractivity contribution in [2.24, 2.45) is 5.73 Å². The van der Waals surface area contributed by atoms with Gasteiger partial charge in [-0.1, -0.05) is 6.92 Å². The van der Waals surface area contributed by atoms with Crippen molar-refractivity contribution in [3.05, 3.63) is 26.6 Å². The Kier molecular flexibility index (Phi) is 5.42. The van der Waals surface area contributed by atoms with Crippen LogP contribution in [0.3, 0.4) is 0 Å². The minimum atomic E-state index is -0.344. The van der Waals surface area contributed by atoms with E-state index < -0.39 is 0 Å². The van der Waals surface area contributed by atoms with E-state index in [1.807, 2.05) is 24.0 Å². The number of aromatic hydroxyl groups is 1. The van der Waals surface area contributed by atoms with Crippen LogP contribution in [0.1, 0.15) is 12.5 Å². The van der Waals surface area contributed by atoms with Crippen molar-refractivity contribution in [1.82, 2.24) is 4.90 Å². The van der Waals surface area contributed by atoms with Crippen LogP contribution in [0.25, 0.3) is 0 Å². The van der Waals surface area contributed by atoms with Crippen molar-refractivity contribution in [3.63, 3.8) is 0 Å². The third-order valence-corrected chi connectivity index (χ3v) is 3.52. The molecule has 0 bridgehead atoms. The highest BCUT2D eigenvalue weighted by Crippen LogP contribution is 2.33. The molecular formula is C11H14Br2N2O2. The Balaban J connectivity index is 2.83. The second-order valence-electron chi connectivity index (χ2n) is 3.68. The summed E-state index contributed by atoms with van der Waals surface area (Å²) in [5, 5.41) is 9.59. The number of benzene rings is 1. The number of carbonyl (C=O) groups is 1. The summed E-state index contributed by atoms with van der Waals surface area (Å²) in [6.07, 6.45) is 0. The van der Waals surface area contributed by atoms with Crippen LogP contribution in [0.4, 0.5) is 0 Å². The largest absolute Gasteiger partial charge is 0.506 e. The SMILES string of the molecule is CCN(CC(N)=O)Cc1cc(Br)c(O)c(Br)c1. The summed E-state index contributed by atoms with van der Waals surface area (Å²) in [6, 6.07) is 3.65. The van der Waals surface area contributed by atoms with Gasteiger partial charge in [-0.25, -0.2) is 0 Å². The predicted molar refractivity (Wildman–Crippen MR) is 73.7 cm³/mol. The van der Waals surface area contributed by atoms with E-state index in [1.54, 1.807) is 0 Å². The number of halogens is 2. The summed E-state index contributed by atoms with van der Waals surface area (Å²) in [5.74, 6) is -0.171. The van der Waals surface area contributed by atoms with Gasteiger partial charge in [-0.3, -0.25) is 9.69 Å². The van der Waals surface area contributed by atoms with E-state index in [4.69, 9.17) is 5.73 Å². The molecule has 0 saturated carbocycles. The molecule has 4 nitrogen and oxygen atoms in total. The van der Waals surface area contributed by atoms with E-state index in [-0.39, 0.29) is 18.2 Å². The van der Waals surface area contributed by atoms with Crippen LogP contribution in [-0.4, -0.2) is 29.0 Å². The van der Waals surface area contributed by atoms with Crippen LogP contribution < -0.4 is 5.73 Å². The van der Waals surface area contributed by atoms with Gasteiger partial charge in [0.1, 0.15) is 5.75 Å². The maximum atomic E-state index is 10.9. The minimum Gasteiger partial charge on any atom is -0.506 e. The highest BCUT2D eigenvalue weighted by atomic mass is 79.9. The van der Waals surface area contributed by atoms with Gasteiger partial charge >= 0.3 is 0 Å². The van der Waals surface area contributed by atoms with E-state index >= 15 is 0 Å². The van der Waals surface area contributed by atoms with Crippen LogP contribution >= 0.6 is 31.9 Å². The van der Waals surface area contributed by atoms with E-state index in [2.05, 4.69) is 31.9 Å². The number of hydrogen-bond acceptors (Lipinski definition) is 3. The standard InChI is InChI=1S/C11H14Br2N2O2/c1-2-15(6-10(14)16)5-7-3-8(12)11(17)9(13)4-7/h3-4,17H,2,5-6H2,1H3,(H2,14,16). The van der Waals surface area contributed by atoms with Gasteiger partial charge in [0.2, 0.25) is 5.91 Å². The molecule has 0 radical (unpaired) electrons. The number of phenols is 1. The minimum absolute atomic E-state index is 0.173. The summed E-state index contributed by atoms with van der Waals surface area (Å²) in [7, 11) is 0. The topological polar surface area (TPSA) is 66.6 Å². The fourth-order valence-corrected chi connectivity index (χ4v) is 2.75. The monoisotopic (exact) mass is 364 g/mol. The lowest BCUT2D eigenvalue weighted by atomic mass is 10.2. The maximum Gasteiger partial charge on any atom is 0.231 e. The Labute approximate surface area is 117 Å². The van der Waals surface area contributed by atoms with E-state index in [0.717, 1.165) is 12.1 Å². The zero-order chi connectivity index (χ0) is 13.0. The molecule has 6 heteroatoms. The summed E-state index contributed by atoms with van der Waals surface area (Å²) < 4.78 is 1.24. The quantitative estimate of drug-likeness (QED) is 0.840. The summed E-state index contributed by atoms with van der Waals surface area (Å²) in [4.78, 5) is 12.8. The molecule has 1 rings (SSSR count). The smallest absolute Gasteiger partial charge is 0.231 e. The number of nitrogens with two attached hydrogens (primary N) is 1. The number of phenolic OH excluding ortho intramolecular Hbond substituents is 1. The van der Waals surface area contributed by atoms with Crippen LogP contribution in [0.2, 0.25) is 0 Å². The summed E-state index contributed by atoms with van der Waals surface area (Å²) in [6.45, 7) is 3.54. The first kappa shape index (κ1) is 14.5. The molecule has 0 saturated heterocycles.